The van der Waals surface area contributed by atoms with Crippen LogP contribution in [0.15, 0.2) is 22.7 Å². The first kappa shape index (κ1) is 13.8. The van der Waals surface area contributed by atoms with Crippen molar-refractivity contribution in [2.75, 3.05) is 6.54 Å². The minimum absolute atomic E-state index is 0.101. The maximum Gasteiger partial charge on any atom is 0.222 e. The number of likely N-dealkylation sites (tertiary alicyclic amines) is 1. The average Bonchev–Trinajstić information content (AvgIpc) is 2.99. The first-order valence-corrected chi connectivity index (χ1v) is 7.05. The number of carbonyl (C=O) groups excluding carboxylic acids is 1. The van der Waals surface area contributed by atoms with Crippen molar-refractivity contribution in [1.82, 2.24) is 10.1 Å². The van der Waals surface area contributed by atoms with Gasteiger partial charge in [-0.3, -0.25) is 4.79 Å². The van der Waals surface area contributed by atoms with Crippen molar-refractivity contribution in [3.05, 3.63) is 41.0 Å². The van der Waals surface area contributed by atoms with Crippen molar-refractivity contribution in [1.29, 1.82) is 0 Å². The van der Waals surface area contributed by atoms with Gasteiger partial charge in [0.05, 0.1) is 5.69 Å². The fourth-order valence-electron chi connectivity index (χ4n) is 2.80. The Kier molecular flexibility index (Phi) is 3.49. The van der Waals surface area contributed by atoms with Crippen molar-refractivity contribution in [2.45, 2.75) is 33.2 Å². The Labute approximate surface area is 122 Å². The zero-order valence-electron chi connectivity index (χ0n) is 12.1. The van der Waals surface area contributed by atoms with Crippen LogP contribution in [0.2, 0.25) is 0 Å². The number of amides is 1. The molecule has 0 bridgehead atoms. The summed E-state index contributed by atoms with van der Waals surface area (Å²) in [6.07, 6.45) is 1.43. The van der Waals surface area contributed by atoms with Crippen molar-refractivity contribution in [2.24, 2.45) is 0 Å². The van der Waals surface area contributed by atoms with E-state index >= 15 is 0 Å². The van der Waals surface area contributed by atoms with Crippen LogP contribution in [0.1, 0.15) is 29.9 Å². The van der Waals surface area contributed by atoms with Gasteiger partial charge in [-0.2, -0.15) is 0 Å². The van der Waals surface area contributed by atoms with E-state index in [9.17, 15) is 9.18 Å². The molecule has 0 N–H and O–H groups in total. The molecule has 0 spiro atoms. The maximum absolute atomic E-state index is 14.3. The third-order valence-electron chi connectivity index (χ3n) is 3.91. The van der Waals surface area contributed by atoms with Gasteiger partial charge in [-0.05, 0) is 31.9 Å². The quantitative estimate of drug-likeness (QED) is 0.871. The molecular formula is C16H17FN2O2. The van der Waals surface area contributed by atoms with Crippen LogP contribution in [0, 0.1) is 19.7 Å². The zero-order chi connectivity index (χ0) is 15.0. The van der Waals surface area contributed by atoms with E-state index in [1.807, 2.05) is 19.9 Å². The Bertz CT molecular complexity index is 674. The molecule has 2 aromatic rings. The average molecular weight is 288 g/mol. The van der Waals surface area contributed by atoms with E-state index in [1.54, 1.807) is 11.0 Å². The molecule has 1 amide bonds. The molecule has 4 nitrogen and oxygen atoms in total. The smallest absolute Gasteiger partial charge is 0.222 e. The van der Waals surface area contributed by atoms with Crippen molar-refractivity contribution in [3.8, 4) is 11.1 Å². The summed E-state index contributed by atoms with van der Waals surface area (Å²) in [7, 11) is 0. The van der Waals surface area contributed by atoms with Crippen LogP contribution in [-0.2, 0) is 11.3 Å². The summed E-state index contributed by atoms with van der Waals surface area (Å²) in [5.74, 6) is 0.478. The highest BCUT2D eigenvalue weighted by atomic mass is 19.1. The van der Waals surface area contributed by atoms with Gasteiger partial charge in [-0.25, -0.2) is 4.39 Å². The molecule has 110 valence electrons. The number of aryl methyl sites for hydroxylation is 2. The van der Waals surface area contributed by atoms with Gasteiger partial charge in [0.1, 0.15) is 11.6 Å². The molecule has 0 unspecified atom stereocenters. The first-order chi connectivity index (χ1) is 10.1. The fourth-order valence-corrected chi connectivity index (χ4v) is 2.80. The summed E-state index contributed by atoms with van der Waals surface area (Å²) in [5.41, 5.74) is 2.87. The van der Waals surface area contributed by atoms with Gasteiger partial charge >= 0.3 is 0 Å². The minimum Gasteiger partial charge on any atom is -0.361 e. The first-order valence-electron chi connectivity index (χ1n) is 7.05. The van der Waals surface area contributed by atoms with Crippen LogP contribution in [0.5, 0.6) is 0 Å². The number of aromatic nitrogens is 1. The molecule has 3 rings (SSSR count). The number of rotatable bonds is 3. The largest absolute Gasteiger partial charge is 0.361 e. The van der Waals surface area contributed by atoms with Gasteiger partial charge in [-0.15, -0.1) is 0 Å². The molecule has 1 aromatic heterocycles. The number of hydrogen-bond acceptors (Lipinski definition) is 3. The zero-order valence-corrected chi connectivity index (χ0v) is 12.1. The lowest BCUT2D eigenvalue weighted by atomic mass is 10.0. The summed E-state index contributed by atoms with van der Waals surface area (Å²) >= 11 is 0. The number of benzene rings is 1. The molecule has 0 saturated carbocycles. The fraction of sp³-hybridized carbons (Fsp3) is 0.375. The van der Waals surface area contributed by atoms with E-state index < -0.39 is 0 Å². The highest BCUT2D eigenvalue weighted by Gasteiger charge is 2.21. The van der Waals surface area contributed by atoms with Crippen LogP contribution in [0.4, 0.5) is 4.39 Å². The van der Waals surface area contributed by atoms with Gasteiger partial charge in [0.2, 0.25) is 5.91 Å². The van der Waals surface area contributed by atoms with E-state index in [2.05, 4.69) is 5.16 Å². The lowest BCUT2D eigenvalue weighted by molar-refractivity contribution is -0.128. The van der Waals surface area contributed by atoms with Gasteiger partial charge in [0.25, 0.3) is 0 Å². The molecular weight excluding hydrogens is 271 g/mol. The third kappa shape index (κ3) is 2.55. The second-order valence-electron chi connectivity index (χ2n) is 5.42. The van der Waals surface area contributed by atoms with Crippen LogP contribution in [0.25, 0.3) is 11.1 Å². The van der Waals surface area contributed by atoms with Gasteiger partial charge < -0.3 is 9.42 Å². The monoisotopic (exact) mass is 288 g/mol. The SMILES string of the molecule is Cc1noc(C)c1-c1ccc(CN2CCCC2=O)c(F)c1. The van der Waals surface area contributed by atoms with Crippen molar-refractivity contribution in [3.63, 3.8) is 0 Å². The van der Waals surface area contributed by atoms with Crippen LogP contribution in [0.3, 0.4) is 0 Å². The molecule has 0 radical (unpaired) electrons. The predicted molar refractivity (Wildman–Crippen MR) is 76.0 cm³/mol. The number of halogens is 1. The normalized spacial score (nSPS) is 15.0. The van der Waals surface area contributed by atoms with E-state index in [4.69, 9.17) is 4.52 Å². The van der Waals surface area contributed by atoms with E-state index in [-0.39, 0.29) is 11.7 Å². The Balaban J connectivity index is 1.88. The number of nitrogens with zero attached hydrogens (tertiary/aromatic N) is 2. The summed E-state index contributed by atoms with van der Waals surface area (Å²) < 4.78 is 19.4. The third-order valence-corrected chi connectivity index (χ3v) is 3.91. The Morgan fingerprint density at radius 3 is 2.76 bits per heavy atom. The molecule has 0 aliphatic carbocycles. The minimum atomic E-state index is -0.299. The molecule has 21 heavy (non-hydrogen) atoms. The summed E-state index contributed by atoms with van der Waals surface area (Å²) in [5, 5.41) is 3.89. The summed E-state index contributed by atoms with van der Waals surface area (Å²) in [6.45, 7) is 4.70. The molecule has 0 atom stereocenters. The van der Waals surface area contributed by atoms with Crippen LogP contribution >= 0.6 is 0 Å². The van der Waals surface area contributed by atoms with Crippen molar-refractivity contribution < 1.29 is 13.7 Å². The molecule has 2 heterocycles. The van der Waals surface area contributed by atoms with Crippen LogP contribution in [-0.4, -0.2) is 22.5 Å². The van der Waals surface area contributed by atoms with Gasteiger partial charge in [0.15, 0.2) is 0 Å². The second-order valence-corrected chi connectivity index (χ2v) is 5.42. The summed E-state index contributed by atoms with van der Waals surface area (Å²) in [6, 6.07) is 5.08. The highest BCUT2D eigenvalue weighted by molar-refractivity contribution is 5.78. The number of hydrogen-bond donors (Lipinski definition) is 0. The standard InChI is InChI=1S/C16H17FN2O2/c1-10-16(11(2)21-18-10)12-5-6-13(14(17)8-12)9-19-7-3-4-15(19)20/h5-6,8H,3-4,7,9H2,1-2H3. The topological polar surface area (TPSA) is 46.3 Å². The Morgan fingerprint density at radius 1 is 1.38 bits per heavy atom. The lowest BCUT2D eigenvalue weighted by Gasteiger charge is -2.16. The van der Waals surface area contributed by atoms with Gasteiger partial charge in [0, 0.05) is 30.6 Å². The highest BCUT2D eigenvalue weighted by Crippen LogP contribution is 2.28. The lowest BCUT2D eigenvalue weighted by Crippen LogP contribution is -2.24. The maximum atomic E-state index is 14.3. The Hall–Kier alpha value is -2.17. The van der Waals surface area contributed by atoms with Crippen molar-refractivity contribution >= 4 is 5.91 Å². The summed E-state index contributed by atoms with van der Waals surface area (Å²) in [4.78, 5) is 13.3. The van der Waals surface area contributed by atoms with E-state index in [1.165, 1.54) is 6.07 Å². The molecule has 1 aliphatic heterocycles. The molecule has 5 heteroatoms. The molecule has 1 aliphatic rings. The van der Waals surface area contributed by atoms with Crippen LogP contribution < -0.4 is 0 Å². The van der Waals surface area contributed by atoms with Gasteiger partial charge in [-0.1, -0.05) is 17.3 Å². The molecule has 1 saturated heterocycles. The second kappa shape index (κ2) is 5.31. The molecule has 1 fully saturated rings. The van der Waals surface area contributed by atoms with E-state index in [0.717, 1.165) is 23.2 Å². The number of carbonyl (C=O) groups is 1. The van der Waals surface area contributed by atoms with E-state index in [0.29, 0.717) is 30.8 Å². The molecule has 1 aromatic carbocycles. The predicted octanol–water partition coefficient (Wildman–Crippen LogP) is 3.22. The Morgan fingerprint density at radius 2 is 2.19 bits per heavy atom.